The van der Waals surface area contributed by atoms with Gasteiger partial charge < -0.3 is 26.2 Å². The molecule has 0 radical (unpaired) electrons. The molecule has 0 aromatic heterocycles. The van der Waals surface area contributed by atoms with Crippen molar-refractivity contribution in [3.63, 3.8) is 0 Å². The largest absolute Gasteiger partial charge is 0.464 e. The van der Waals surface area contributed by atoms with Crippen molar-refractivity contribution in [3.8, 4) is 0 Å². The van der Waals surface area contributed by atoms with Crippen LogP contribution in [0.15, 0.2) is 0 Å². The summed E-state index contributed by atoms with van der Waals surface area (Å²) in [6, 6.07) is 0. The van der Waals surface area contributed by atoms with Crippen LogP contribution < -0.4 is 16.4 Å². The van der Waals surface area contributed by atoms with Crippen LogP contribution in [-0.2, 0) is 19.1 Å². The van der Waals surface area contributed by atoms with Crippen LogP contribution in [0, 0.1) is 5.41 Å². The summed E-state index contributed by atoms with van der Waals surface area (Å²) in [7, 11) is 0. The first-order valence-corrected chi connectivity index (χ1v) is 7.57. The molecule has 0 aromatic carbocycles. The Morgan fingerprint density at radius 1 is 1.26 bits per heavy atom. The molecule has 1 atom stereocenters. The lowest BCUT2D eigenvalue weighted by Crippen LogP contribution is -2.47. The molecule has 0 saturated heterocycles. The molecule has 136 valence electrons. The second kappa shape index (κ2) is 12.4. The molecule has 0 aliphatic carbocycles. The topological polar surface area (TPSA) is 131 Å². The zero-order valence-electron chi connectivity index (χ0n) is 13.3. The van der Waals surface area contributed by atoms with Crippen molar-refractivity contribution in [1.82, 2.24) is 10.6 Å². The molecule has 0 saturated carbocycles. The van der Waals surface area contributed by atoms with Gasteiger partial charge >= 0.3 is 5.97 Å². The number of ether oxygens (including phenoxy) is 1. The van der Waals surface area contributed by atoms with Crippen molar-refractivity contribution in [3.05, 3.63) is 0 Å². The second-order valence-corrected chi connectivity index (χ2v) is 5.82. The summed E-state index contributed by atoms with van der Waals surface area (Å²) in [5, 5.41) is 15.1. The first-order chi connectivity index (χ1) is 10.2. The third-order valence-electron chi connectivity index (χ3n) is 2.85. The number of halogens is 1. The summed E-state index contributed by atoms with van der Waals surface area (Å²) in [5.41, 5.74) is 4.14. The lowest BCUT2D eigenvalue weighted by molar-refractivity contribution is -0.152. The number of amides is 2. The Balaban J connectivity index is 0. The van der Waals surface area contributed by atoms with Gasteiger partial charge in [0, 0.05) is 30.7 Å². The summed E-state index contributed by atoms with van der Waals surface area (Å²) in [6.07, 6.45) is -1.27. The molecule has 0 bridgehead atoms. The normalized spacial score (nSPS) is 11.9. The summed E-state index contributed by atoms with van der Waals surface area (Å²) in [5.74, 6) is -0.913. The molecule has 0 aliphatic heterocycles. The molecule has 2 amide bonds. The highest BCUT2D eigenvalue weighted by Crippen LogP contribution is 2.21. The summed E-state index contributed by atoms with van der Waals surface area (Å²) >= 11 is 3.96. The molecule has 0 heterocycles. The number of aliphatic hydroxyl groups excluding tert-OH is 1. The number of nitrogens with two attached hydrogens (primary N) is 1. The smallest absolute Gasteiger partial charge is 0.319 e. The highest BCUT2D eigenvalue weighted by Gasteiger charge is 2.34. The Morgan fingerprint density at radius 2 is 1.87 bits per heavy atom. The van der Waals surface area contributed by atoms with E-state index < -0.39 is 23.4 Å². The van der Waals surface area contributed by atoms with Gasteiger partial charge in [-0.1, -0.05) is 13.8 Å². The van der Waals surface area contributed by atoms with Gasteiger partial charge in [-0.2, -0.15) is 12.6 Å². The Labute approximate surface area is 147 Å². The molecule has 0 fully saturated rings. The number of nitrogens with one attached hydrogen (secondary N) is 2. The first kappa shape index (κ1) is 24.2. The first-order valence-electron chi connectivity index (χ1n) is 6.93. The van der Waals surface area contributed by atoms with Gasteiger partial charge in [0.1, 0.15) is 6.10 Å². The number of aliphatic hydroxyl groups is 1. The number of rotatable bonds is 10. The van der Waals surface area contributed by atoms with E-state index >= 15 is 0 Å². The number of carbonyl (C=O) groups excluding carboxylic acids is 3. The van der Waals surface area contributed by atoms with Crippen LogP contribution in [0.1, 0.15) is 20.3 Å². The van der Waals surface area contributed by atoms with Crippen LogP contribution in [0.4, 0.5) is 0 Å². The van der Waals surface area contributed by atoms with E-state index in [1.54, 1.807) is 13.8 Å². The lowest BCUT2D eigenvalue weighted by atomic mass is 9.87. The van der Waals surface area contributed by atoms with Gasteiger partial charge in [0.2, 0.25) is 11.8 Å². The van der Waals surface area contributed by atoms with E-state index in [1.807, 2.05) is 0 Å². The number of esters is 1. The quantitative estimate of drug-likeness (QED) is 0.243. The fourth-order valence-corrected chi connectivity index (χ4v) is 1.55. The molecular formula is C13H26ClN3O5S. The van der Waals surface area contributed by atoms with Crippen LogP contribution >= 0.6 is 25.0 Å². The molecule has 0 aromatic rings. The van der Waals surface area contributed by atoms with Crippen molar-refractivity contribution in [2.24, 2.45) is 11.1 Å². The van der Waals surface area contributed by atoms with Crippen LogP contribution in [0.2, 0.25) is 0 Å². The van der Waals surface area contributed by atoms with E-state index in [0.717, 1.165) is 0 Å². The van der Waals surface area contributed by atoms with Crippen LogP contribution in [0.5, 0.6) is 0 Å². The van der Waals surface area contributed by atoms with E-state index in [9.17, 15) is 19.5 Å². The molecule has 0 rings (SSSR count). The number of hydrogen-bond acceptors (Lipinski definition) is 7. The average Bonchev–Trinajstić information content (AvgIpc) is 2.49. The molecule has 0 spiro atoms. The SMILES string of the molecule is CC(C)(COC(=O)CN)C(O)C(=O)NCCC(=O)NCCS.Cl. The van der Waals surface area contributed by atoms with Gasteiger partial charge in [-0.05, 0) is 0 Å². The van der Waals surface area contributed by atoms with Crippen molar-refractivity contribution in [1.29, 1.82) is 0 Å². The predicted molar refractivity (Wildman–Crippen MR) is 91.5 cm³/mol. The number of thiol groups is 1. The van der Waals surface area contributed by atoms with Crippen LogP contribution in [-0.4, -0.2) is 61.0 Å². The van der Waals surface area contributed by atoms with E-state index in [2.05, 4.69) is 23.3 Å². The van der Waals surface area contributed by atoms with Crippen molar-refractivity contribution >= 4 is 42.8 Å². The number of hydrogen-bond donors (Lipinski definition) is 5. The Morgan fingerprint density at radius 3 is 2.39 bits per heavy atom. The maximum Gasteiger partial charge on any atom is 0.319 e. The maximum atomic E-state index is 11.8. The molecular weight excluding hydrogens is 346 g/mol. The molecule has 8 nitrogen and oxygen atoms in total. The highest BCUT2D eigenvalue weighted by molar-refractivity contribution is 7.80. The van der Waals surface area contributed by atoms with E-state index in [1.165, 1.54) is 0 Å². The minimum atomic E-state index is -1.38. The summed E-state index contributed by atoms with van der Waals surface area (Å²) < 4.78 is 4.84. The molecule has 5 N–H and O–H groups in total. The second-order valence-electron chi connectivity index (χ2n) is 5.37. The average molecular weight is 372 g/mol. The zero-order valence-corrected chi connectivity index (χ0v) is 15.0. The van der Waals surface area contributed by atoms with E-state index in [-0.39, 0.29) is 44.4 Å². The molecule has 1 unspecified atom stereocenters. The third-order valence-corrected chi connectivity index (χ3v) is 3.07. The van der Waals surface area contributed by atoms with E-state index in [4.69, 9.17) is 10.5 Å². The third kappa shape index (κ3) is 10.4. The Hall–Kier alpha value is -1.03. The van der Waals surface area contributed by atoms with Crippen molar-refractivity contribution in [2.75, 3.05) is 32.0 Å². The highest BCUT2D eigenvalue weighted by atomic mass is 35.5. The van der Waals surface area contributed by atoms with Gasteiger partial charge in [-0.25, -0.2) is 0 Å². The van der Waals surface area contributed by atoms with Gasteiger partial charge in [0.15, 0.2) is 0 Å². The van der Waals surface area contributed by atoms with Crippen molar-refractivity contribution < 1.29 is 24.2 Å². The molecule has 10 heteroatoms. The Bertz CT molecular complexity index is 396. The summed E-state index contributed by atoms with van der Waals surface area (Å²) in [4.78, 5) is 34.2. The lowest BCUT2D eigenvalue weighted by Gasteiger charge is -2.28. The minimum absolute atomic E-state index is 0. The minimum Gasteiger partial charge on any atom is -0.464 e. The van der Waals surface area contributed by atoms with Gasteiger partial charge in [0.05, 0.1) is 13.2 Å². The standard InChI is InChI=1S/C13H25N3O5S.ClH/c1-13(2,8-21-10(18)7-14)11(19)12(20)16-4-3-9(17)15-5-6-22;/h11,19,22H,3-8,14H2,1-2H3,(H,15,17)(H,16,20);1H. The fraction of sp³-hybridized carbons (Fsp3) is 0.769. The fourth-order valence-electron chi connectivity index (χ4n) is 1.44. The monoisotopic (exact) mass is 371 g/mol. The predicted octanol–water partition coefficient (Wildman–Crippen LogP) is -1.15. The summed E-state index contributed by atoms with van der Waals surface area (Å²) in [6.45, 7) is 3.33. The van der Waals surface area contributed by atoms with Crippen LogP contribution in [0.3, 0.4) is 0 Å². The molecule has 0 aliphatic rings. The van der Waals surface area contributed by atoms with Gasteiger partial charge in [-0.3, -0.25) is 14.4 Å². The van der Waals surface area contributed by atoms with E-state index in [0.29, 0.717) is 12.3 Å². The molecule has 23 heavy (non-hydrogen) atoms. The zero-order chi connectivity index (χ0) is 17.2. The van der Waals surface area contributed by atoms with Gasteiger partial charge in [0.25, 0.3) is 0 Å². The van der Waals surface area contributed by atoms with Gasteiger partial charge in [-0.15, -0.1) is 12.4 Å². The number of carbonyl (C=O) groups is 3. The van der Waals surface area contributed by atoms with Crippen LogP contribution in [0.25, 0.3) is 0 Å². The Kier molecular flexibility index (Phi) is 13.1. The van der Waals surface area contributed by atoms with Crippen molar-refractivity contribution in [2.45, 2.75) is 26.4 Å². The maximum absolute atomic E-state index is 11.8.